The van der Waals surface area contributed by atoms with Gasteiger partial charge >= 0.3 is 6.03 Å². The average Bonchev–Trinajstić information content (AvgIpc) is 2.94. The molecule has 3 amide bonds. The van der Waals surface area contributed by atoms with Crippen molar-refractivity contribution in [1.29, 1.82) is 0 Å². The number of hydrogen-bond donors (Lipinski definition) is 1. The molecule has 0 aliphatic carbocycles. The van der Waals surface area contributed by atoms with Crippen LogP contribution in [-0.4, -0.2) is 37.1 Å². The van der Waals surface area contributed by atoms with Crippen molar-refractivity contribution in [2.45, 2.75) is 52.2 Å². The molecule has 1 aromatic rings. The van der Waals surface area contributed by atoms with Gasteiger partial charge in [-0.1, -0.05) is 13.8 Å². The molecule has 0 atom stereocenters. The lowest BCUT2D eigenvalue weighted by Crippen LogP contribution is -2.48. The molecule has 0 aromatic carbocycles. The minimum atomic E-state index is -0.762. The van der Waals surface area contributed by atoms with Gasteiger partial charge < -0.3 is 4.90 Å². The number of carbonyl (C=O) groups excluding carboxylic acids is 2. The Morgan fingerprint density at radius 2 is 1.95 bits per heavy atom. The van der Waals surface area contributed by atoms with Gasteiger partial charge in [-0.2, -0.15) is 5.10 Å². The highest BCUT2D eigenvalue weighted by Crippen LogP contribution is 2.30. The van der Waals surface area contributed by atoms with Gasteiger partial charge in [-0.3, -0.25) is 10.1 Å². The molecule has 0 unspecified atom stereocenters. The van der Waals surface area contributed by atoms with E-state index in [0.717, 1.165) is 0 Å². The van der Waals surface area contributed by atoms with Crippen molar-refractivity contribution in [1.82, 2.24) is 25.0 Å². The van der Waals surface area contributed by atoms with E-state index in [-0.39, 0.29) is 11.9 Å². The smallest absolute Gasteiger partial charge is 0.302 e. The number of rotatable bonds is 5. The fraction of sp³-hybridized carbons (Fsp3) is 0.667. The maximum atomic E-state index is 12.0. The molecule has 0 bridgehead atoms. The largest absolute Gasteiger partial charge is 0.325 e. The van der Waals surface area contributed by atoms with Crippen molar-refractivity contribution in [3.63, 3.8) is 0 Å². The summed E-state index contributed by atoms with van der Waals surface area (Å²) in [7, 11) is 0. The number of carbonyl (C=O) groups is 2. The van der Waals surface area contributed by atoms with Gasteiger partial charge in [0.25, 0.3) is 5.91 Å². The molecular weight excluding hydrogens is 246 g/mol. The molecule has 1 fully saturated rings. The summed E-state index contributed by atoms with van der Waals surface area (Å²) in [5.41, 5.74) is -0.762. The zero-order valence-electron chi connectivity index (χ0n) is 11.5. The van der Waals surface area contributed by atoms with Gasteiger partial charge in [0.1, 0.15) is 17.7 Å². The number of aromatic nitrogens is 3. The third kappa shape index (κ3) is 1.98. The maximum Gasteiger partial charge on any atom is 0.325 e. The van der Waals surface area contributed by atoms with Crippen molar-refractivity contribution >= 4 is 11.9 Å². The summed E-state index contributed by atoms with van der Waals surface area (Å²) in [6.07, 6.45) is 2.64. The van der Waals surface area contributed by atoms with Gasteiger partial charge in [0.2, 0.25) is 0 Å². The van der Waals surface area contributed by atoms with E-state index >= 15 is 0 Å². The molecule has 2 rings (SSSR count). The Morgan fingerprint density at radius 1 is 1.26 bits per heavy atom. The molecule has 0 spiro atoms. The SMILES string of the molecule is CCn1ncnc1CN1C(=O)NC(=O)C1(CC)CC. The molecular formula is C12H19N5O2. The van der Waals surface area contributed by atoms with E-state index in [9.17, 15) is 9.59 Å². The Labute approximate surface area is 112 Å². The van der Waals surface area contributed by atoms with E-state index in [2.05, 4.69) is 15.4 Å². The van der Waals surface area contributed by atoms with Crippen molar-refractivity contribution < 1.29 is 9.59 Å². The molecule has 104 valence electrons. The summed E-state index contributed by atoms with van der Waals surface area (Å²) in [4.78, 5) is 29.8. The summed E-state index contributed by atoms with van der Waals surface area (Å²) in [6.45, 7) is 6.77. The zero-order valence-corrected chi connectivity index (χ0v) is 11.5. The summed E-state index contributed by atoms with van der Waals surface area (Å²) >= 11 is 0. The summed E-state index contributed by atoms with van der Waals surface area (Å²) in [5, 5.41) is 6.48. The van der Waals surface area contributed by atoms with E-state index in [4.69, 9.17) is 0 Å². The zero-order chi connectivity index (χ0) is 14.0. The number of amides is 3. The number of nitrogens with zero attached hydrogens (tertiary/aromatic N) is 4. The van der Waals surface area contributed by atoms with Crippen LogP contribution in [0.15, 0.2) is 6.33 Å². The number of hydrogen-bond acceptors (Lipinski definition) is 4. The first-order chi connectivity index (χ1) is 9.08. The minimum absolute atomic E-state index is 0.218. The summed E-state index contributed by atoms with van der Waals surface area (Å²) < 4.78 is 1.73. The Kier molecular flexibility index (Phi) is 3.55. The molecule has 7 heteroatoms. The van der Waals surface area contributed by atoms with E-state index in [1.807, 2.05) is 20.8 Å². The van der Waals surface area contributed by atoms with Crippen molar-refractivity contribution in [3.8, 4) is 0 Å². The fourth-order valence-electron chi connectivity index (χ4n) is 2.59. The monoisotopic (exact) mass is 265 g/mol. The van der Waals surface area contributed by atoms with Crippen LogP contribution in [0.4, 0.5) is 4.79 Å². The predicted octanol–water partition coefficient (Wildman–Crippen LogP) is 0.909. The normalized spacial score (nSPS) is 17.9. The second kappa shape index (κ2) is 4.99. The van der Waals surface area contributed by atoms with Crippen LogP contribution < -0.4 is 5.32 Å². The molecule has 0 saturated carbocycles. The Balaban J connectivity index is 2.31. The standard InChI is InChI=1S/C12H19N5O2/c1-4-12(5-2)10(18)15-11(19)16(12)7-9-13-8-14-17(9)6-3/h8H,4-7H2,1-3H3,(H,15,18,19). The lowest BCUT2D eigenvalue weighted by Gasteiger charge is -2.33. The number of aryl methyl sites for hydroxylation is 1. The van der Waals surface area contributed by atoms with E-state index in [0.29, 0.717) is 31.8 Å². The van der Waals surface area contributed by atoms with Gasteiger partial charge in [0, 0.05) is 6.54 Å². The highest BCUT2D eigenvalue weighted by molar-refractivity contribution is 6.06. The highest BCUT2D eigenvalue weighted by Gasteiger charge is 2.50. The third-order valence-electron chi connectivity index (χ3n) is 3.87. The van der Waals surface area contributed by atoms with Crippen LogP contribution >= 0.6 is 0 Å². The topological polar surface area (TPSA) is 80.1 Å². The molecule has 1 aliphatic heterocycles. The van der Waals surface area contributed by atoms with E-state index in [1.165, 1.54) is 6.33 Å². The van der Waals surface area contributed by atoms with Crippen LogP contribution in [0.3, 0.4) is 0 Å². The first-order valence-electron chi connectivity index (χ1n) is 6.58. The number of urea groups is 1. The van der Waals surface area contributed by atoms with Crippen molar-refractivity contribution in [2.24, 2.45) is 0 Å². The molecule has 1 aliphatic rings. The quantitative estimate of drug-likeness (QED) is 0.802. The Morgan fingerprint density at radius 3 is 2.53 bits per heavy atom. The van der Waals surface area contributed by atoms with Gasteiger partial charge in [-0.25, -0.2) is 14.5 Å². The molecule has 1 aromatic heterocycles. The van der Waals surface area contributed by atoms with Crippen molar-refractivity contribution in [3.05, 3.63) is 12.2 Å². The molecule has 7 nitrogen and oxygen atoms in total. The molecule has 2 heterocycles. The van der Waals surface area contributed by atoms with Gasteiger partial charge in [0.05, 0.1) is 6.54 Å². The molecule has 0 radical (unpaired) electrons. The lowest BCUT2D eigenvalue weighted by atomic mass is 9.91. The second-order valence-corrected chi connectivity index (χ2v) is 4.58. The van der Waals surface area contributed by atoms with Gasteiger partial charge in [-0.05, 0) is 19.8 Å². The highest BCUT2D eigenvalue weighted by atomic mass is 16.2. The minimum Gasteiger partial charge on any atom is -0.302 e. The van der Waals surface area contributed by atoms with Crippen LogP contribution in [0.1, 0.15) is 39.4 Å². The molecule has 1 N–H and O–H groups in total. The first-order valence-corrected chi connectivity index (χ1v) is 6.58. The summed E-state index contributed by atoms with van der Waals surface area (Å²) in [5.74, 6) is 0.476. The van der Waals surface area contributed by atoms with Crippen LogP contribution in [0.5, 0.6) is 0 Å². The molecule has 1 saturated heterocycles. The van der Waals surface area contributed by atoms with Crippen LogP contribution in [0.25, 0.3) is 0 Å². The Hall–Kier alpha value is -1.92. The third-order valence-corrected chi connectivity index (χ3v) is 3.87. The van der Waals surface area contributed by atoms with E-state index < -0.39 is 5.54 Å². The van der Waals surface area contributed by atoms with Crippen LogP contribution in [0.2, 0.25) is 0 Å². The maximum absolute atomic E-state index is 12.0. The number of nitrogens with one attached hydrogen (secondary N) is 1. The van der Waals surface area contributed by atoms with E-state index in [1.54, 1.807) is 9.58 Å². The van der Waals surface area contributed by atoms with Crippen molar-refractivity contribution in [2.75, 3.05) is 0 Å². The van der Waals surface area contributed by atoms with Gasteiger partial charge in [-0.15, -0.1) is 0 Å². The van der Waals surface area contributed by atoms with Gasteiger partial charge in [0.15, 0.2) is 0 Å². The summed E-state index contributed by atoms with van der Waals surface area (Å²) in [6, 6.07) is -0.348. The van der Waals surface area contributed by atoms with Crippen LogP contribution in [0, 0.1) is 0 Å². The fourth-order valence-corrected chi connectivity index (χ4v) is 2.59. The first kappa shape index (κ1) is 13.5. The predicted molar refractivity (Wildman–Crippen MR) is 68.1 cm³/mol. The number of imide groups is 1. The lowest BCUT2D eigenvalue weighted by molar-refractivity contribution is -0.127. The second-order valence-electron chi connectivity index (χ2n) is 4.58. The molecule has 19 heavy (non-hydrogen) atoms. The Bertz CT molecular complexity index is 492. The average molecular weight is 265 g/mol. The van der Waals surface area contributed by atoms with Crippen LogP contribution in [-0.2, 0) is 17.9 Å².